The van der Waals surface area contributed by atoms with Gasteiger partial charge in [-0.15, -0.1) is 0 Å². The Bertz CT molecular complexity index is 1380. The molecule has 1 N–H and O–H groups in total. The van der Waals surface area contributed by atoms with Gasteiger partial charge in [0.15, 0.2) is 0 Å². The van der Waals surface area contributed by atoms with E-state index < -0.39 is 0 Å². The number of rotatable bonds is 8. The van der Waals surface area contributed by atoms with Crippen molar-refractivity contribution >= 4 is 28.1 Å². The molecule has 5 nitrogen and oxygen atoms in total. The van der Waals surface area contributed by atoms with E-state index in [1.807, 2.05) is 75.4 Å². The van der Waals surface area contributed by atoms with Gasteiger partial charge in [-0.2, -0.15) is 0 Å². The highest BCUT2D eigenvalue weighted by atomic mass is 16.5. The maximum Gasteiger partial charge on any atom is 0.248 e. The van der Waals surface area contributed by atoms with Crippen LogP contribution in [0.4, 0.5) is 5.69 Å². The van der Waals surface area contributed by atoms with E-state index in [0.717, 1.165) is 62.4 Å². The SMILES string of the molecule is CCOc1c(/C(C)=C/C(=O)Nc2ccc(CC)cc2)cc2c(-c3cccc(OC)c3)coc2c1C. The summed E-state index contributed by atoms with van der Waals surface area (Å²) in [5.41, 5.74) is 7.28. The molecule has 0 saturated heterocycles. The van der Waals surface area contributed by atoms with Crippen LogP contribution < -0.4 is 14.8 Å². The highest BCUT2D eigenvalue weighted by Gasteiger charge is 2.19. The number of aryl methyl sites for hydroxylation is 2. The van der Waals surface area contributed by atoms with Crippen molar-refractivity contribution in [2.75, 3.05) is 19.0 Å². The molecule has 1 heterocycles. The Morgan fingerprint density at radius 1 is 1.09 bits per heavy atom. The molecule has 0 atom stereocenters. The molecule has 0 fully saturated rings. The number of furan rings is 1. The topological polar surface area (TPSA) is 60.7 Å². The first-order chi connectivity index (χ1) is 16.9. The van der Waals surface area contributed by atoms with Crippen LogP contribution in [-0.2, 0) is 11.2 Å². The van der Waals surface area contributed by atoms with Crippen LogP contribution in [0.2, 0.25) is 0 Å². The summed E-state index contributed by atoms with van der Waals surface area (Å²) in [6, 6.07) is 17.8. The lowest BCUT2D eigenvalue weighted by Crippen LogP contribution is -2.09. The lowest BCUT2D eigenvalue weighted by atomic mass is 9.96. The van der Waals surface area contributed by atoms with Crippen LogP contribution in [0, 0.1) is 6.92 Å². The summed E-state index contributed by atoms with van der Waals surface area (Å²) in [6.45, 7) is 8.47. The van der Waals surface area contributed by atoms with Gasteiger partial charge in [0.1, 0.15) is 17.1 Å². The summed E-state index contributed by atoms with van der Waals surface area (Å²) in [6.07, 6.45) is 4.33. The molecule has 0 aliphatic heterocycles. The molecule has 5 heteroatoms. The lowest BCUT2D eigenvalue weighted by molar-refractivity contribution is -0.111. The highest BCUT2D eigenvalue weighted by molar-refractivity contribution is 6.06. The van der Waals surface area contributed by atoms with E-state index in [4.69, 9.17) is 13.9 Å². The van der Waals surface area contributed by atoms with Crippen molar-refractivity contribution in [3.63, 3.8) is 0 Å². The number of fused-ring (bicyclic) bond motifs is 1. The quantitative estimate of drug-likeness (QED) is 0.273. The smallest absolute Gasteiger partial charge is 0.248 e. The normalized spacial score (nSPS) is 11.5. The number of hydrogen-bond donors (Lipinski definition) is 1. The molecule has 0 aliphatic rings. The van der Waals surface area contributed by atoms with Crippen LogP contribution >= 0.6 is 0 Å². The standard InChI is InChI=1S/C30H31NO4/c1-6-21-11-13-23(14-12-21)31-28(32)15-19(3)25-17-26-27(22-9-8-10-24(16-22)33-5)18-35-30(26)20(4)29(25)34-7-2/h8-18H,6-7H2,1-5H3,(H,31,32)/b19-15+. The zero-order valence-electron chi connectivity index (χ0n) is 20.9. The van der Waals surface area contributed by atoms with Crippen molar-refractivity contribution in [3.8, 4) is 22.6 Å². The van der Waals surface area contributed by atoms with Crippen LogP contribution in [0.15, 0.2) is 71.4 Å². The fourth-order valence-electron chi connectivity index (χ4n) is 4.23. The molecule has 0 bridgehead atoms. The molecule has 0 spiro atoms. The van der Waals surface area contributed by atoms with Gasteiger partial charge >= 0.3 is 0 Å². The molecule has 4 rings (SSSR count). The Labute approximate surface area is 206 Å². The summed E-state index contributed by atoms with van der Waals surface area (Å²) in [7, 11) is 1.65. The van der Waals surface area contributed by atoms with E-state index >= 15 is 0 Å². The second-order valence-corrected chi connectivity index (χ2v) is 8.44. The summed E-state index contributed by atoms with van der Waals surface area (Å²) >= 11 is 0. The molecule has 3 aromatic carbocycles. The minimum absolute atomic E-state index is 0.188. The Morgan fingerprint density at radius 3 is 2.54 bits per heavy atom. The molecule has 0 aliphatic carbocycles. The van der Waals surface area contributed by atoms with Crippen molar-refractivity contribution in [1.82, 2.24) is 0 Å². The van der Waals surface area contributed by atoms with Gasteiger partial charge in [-0.1, -0.05) is 31.2 Å². The minimum Gasteiger partial charge on any atom is -0.497 e. The van der Waals surface area contributed by atoms with Crippen LogP contribution in [0.5, 0.6) is 11.5 Å². The number of benzene rings is 3. The number of methoxy groups -OCH3 is 1. The fraction of sp³-hybridized carbons (Fsp3) is 0.233. The van der Waals surface area contributed by atoms with Crippen LogP contribution in [0.3, 0.4) is 0 Å². The first-order valence-corrected chi connectivity index (χ1v) is 11.9. The molecular formula is C30H31NO4. The van der Waals surface area contributed by atoms with E-state index in [-0.39, 0.29) is 5.91 Å². The van der Waals surface area contributed by atoms with Crippen LogP contribution in [0.25, 0.3) is 27.7 Å². The monoisotopic (exact) mass is 469 g/mol. The van der Waals surface area contributed by atoms with Crippen LogP contribution in [0.1, 0.15) is 37.5 Å². The summed E-state index contributed by atoms with van der Waals surface area (Å²) < 4.78 is 17.4. The fourth-order valence-corrected chi connectivity index (χ4v) is 4.23. The van der Waals surface area contributed by atoms with E-state index in [0.29, 0.717) is 6.61 Å². The third-order valence-electron chi connectivity index (χ3n) is 6.12. The van der Waals surface area contributed by atoms with Crippen molar-refractivity contribution in [2.24, 2.45) is 0 Å². The van der Waals surface area contributed by atoms with Gasteiger partial charge in [-0.05, 0) is 74.2 Å². The second kappa shape index (κ2) is 10.5. The number of hydrogen-bond acceptors (Lipinski definition) is 4. The maximum absolute atomic E-state index is 12.8. The lowest BCUT2D eigenvalue weighted by Gasteiger charge is -2.15. The zero-order chi connectivity index (χ0) is 24.9. The number of anilines is 1. The van der Waals surface area contributed by atoms with E-state index in [1.54, 1.807) is 19.4 Å². The number of amides is 1. The number of carbonyl (C=O) groups is 1. The minimum atomic E-state index is -0.188. The Kier molecular flexibility index (Phi) is 7.25. The van der Waals surface area contributed by atoms with Crippen LogP contribution in [-0.4, -0.2) is 19.6 Å². The average molecular weight is 470 g/mol. The largest absolute Gasteiger partial charge is 0.497 e. The van der Waals surface area contributed by atoms with E-state index in [2.05, 4.69) is 12.2 Å². The molecule has 180 valence electrons. The van der Waals surface area contributed by atoms with E-state index in [1.165, 1.54) is 5.56 Å². The first-order valence-electron chi connectivity index (χ1n) is 11.9. The van der Waals surface area contributed by atoms with Gasteiger partial charge in [0.05, 0.1) is 20.0 Å². The molecule has 1 amide bonds. The summed E-state index contributed by atoms with van der Waals surface area (Å²) in [4.78, 5) is 12.8. The van der Waals surface area contributed by atoms with Gasteiger partial charge < -0.3 is 19.2 Å². The molecule has 1 aromatic heterocycles. The number of ether oxygens (including phenoxy) is 2. The third kappa shape index (κ3) is 5.09. The first kappa shape index (κ1) is 24.1. The highest BCUT2D eigenvalue weighted by Crippen LogP contribution is 2.41. The molecule has 4 aromatic rings. The Morgan fingerprint density at radius 2 is 1.86 bits per heavy atom. The van der Waals surface area contributed by atoms with Crippen molar-refractivity contribution in [1.29, 1.82) is 0 Å². The summed E-state index contributed by atoms with van der Waals surface area (Å²) in [5, 5.41) is 3.91. The summed E-state index contributed by atoms with van der Waals surface area (Å²) in [5.74, 6) is 1.31. The van der Waals surface area contributed by atoms with Gasteiger partial charge in [0.2, 0.25) is 5.91 Å². The van der Waals surface area contributed by atoms with Crippen molar-refractivity contribution < 1.29 is 18.7 Å². The molecular weight excluding hydrogens is 438 g/mol. The van der Waals surface area contributed by atoms with E-state index in [9.17, 15) is 4.79 Å². The number of allylic oxidation sites excluding steroid dienone is 1. The predicted octanol–water partition coefficient (Wildman–Crippen LogP) is 7.42. The van der Waals surface area contributed by atoms with Crippen molar-refractivity contribution in [2.45, 2.75) is 34.1 Å². The Hall–Kier alpha value is -3.99. The third-order valence-corrected chi connectivity index (χ3v) is 6.12. The molecule has 0 saturated carbocycles. The molecule has 35 heavy (non-hydrogen) atoms. The maximum atomic E-state index is 12.8. The number of nitrogens with one attached hydrogen (secondary N) is 1. The van der Waals surface area contributed by atoms with Gasteiger partial charge in [-0.25, -0.2) is 0 Å². The average Bonchev–Trinajstić information content (AvgIpc) is 3.30. The Balaban J connectivity index is 1.75. The van der Waals surface area contributed by atoms with Gasteiger partial charge in [-0.3, -0.25) is 4.79 Å². The zero-order valence-corrected chi connectivity index (χ0v) is 20.9. The van der Waals surface area contributed by atoms with Gasteiger partial charge in [0, 0.05) is 33.8 Å². The van der Waals surface area contributed by atoms with Crippen molar-refractivity contribution in [3.05, 3.63) is 83.6 Å². The molecule has 0 unspecified atom stereocenters. The predicted molar refractivity (Wildman–Crippen MR) is 142 cm³/mol. The second-order valence-electron chi connectivity index (χ2n) is 8.44. The molecule has 0 radical (unpaired) electrons. The number of carbonyl (C=O) groups excluding carboxylic acids is 1. The van der Waals surface area contributed by atoms with Gasteiger partial charge in [0.25, 0.3) is 0 Å².